The number of nitrogens with one attached hydrogen (secondary N) is 1. The summed E-state index contributed by atoms with van der Waals surface area (Å²) in [7, 11) is 0. The fourth-order valence-corrected chi connectivity index (χ4v) is 2.30. The number of nitrogens with zero attached hydrogens (tertiary/aromatic N) is 2. The molecule has 0 aliphatic heterocycles. The predicted octanol–water partition coefficient (Wildman–Crippen LogP) is 1.85. The van der Waals surface area contributed by atoms with Crippen LogP contribution in [0.4, 0.5) is 0 Å². The van der Waals surface area contributed by atoms with E-state index in [1.807, 2.05) is 19.1 Å². The van der Waals surface area contributed by atoms with Crippen LogP contribution in [0.3, 0.4) is 0 Å². The number of aromatic nitrogens is 3. The molecule has 0 bridgehead atoms. The maximum atomic E-state index is 5.82. The molecule has 1 aromatic heterocycles. The molecule has 0 saturated carbocycles. The van der Waals surface area contributed by atoms with Crippen LogP contribution in [-0.4, -0.2) is 21.2 Å². The minimum Gasteiger partial charge on any atom is -0.328 e. The molecule has 0 radical (unpaired) electrons. The van der Waals surface area contributed by atoms with Crippen LogP contribution in [0.1, 0.15) is 12.5 Å². The highest BCUT2D eigenvalue weighted by Crippen LogP contribution is 2.27. The van der Waals surface area contributed by atoms with Crippen molar-refractivity contribution in [2.45, 2.75) is 29.4 Å². The van der Waals surface area contributed by atoms with Gasteiger partial charge >= 0.3 is 0 Å². The zero-order chi connectivity index (χ0) is 11.4. The smallest absolute Gasteiger partial charge is 0.188 e. The Balaban J connectivity index is 2.19. The first kappa shape index (κ1) is 11.2. The lowest BCUT2D eigenvalue weighted by atomic mass is 10.1. The van der Waals surface area contributed by atoms with E-state index in [1.54, 1.807) is 11.8 Å². The zero-order valence-corrected chi connectivity index (χ0v) is 9.87. The van der Waals surface area contributed by atoms with Crippen molar-refractivity contribution in [1.82, 2.24) is 15.2 Å². The number of aromatic amines is 1. The summed E-state index contributed by atoms with van der Waals surface area (Å²) in [5, 5.41) is 7.47. The predicted molar refractivity (Wildman–Crippen MR) is 64.3 cm³/mol. The van der Waals surface area contributed by atoms with Gasteiger partial charge in [0.1, 0.15) is 6.33 Å². The highest BCUT2D eigenvalue weighted by molar-refractivity contribution is 7.99. The van der Waals surface area contributed by atoms with Crippen LogP contribution < -0.4 is 5.73 Å². The molecule has 2 rings (SSSR count). The summed E-state index contributed by atoms with van der Waals surface area (Å²) < 4.78 is 0. The molecule has 1 aromatic carbocycles. The average Bonchev–Trinajstić information content (AvgIpc) is 2.73. The summed E-state index contributed by atoms with van der Waals surface area (Å²) in [6.45, 7) is 2.01. The van der Waals surface area contributed by atoms with Crippen molar-refractivity contribution in [2.75, 3.05) is 0 Å². The minimum absolute atomic E-state index is 0.163. The van der Waals surface area contributed by atoms with Crippen LogP contribution in [0.2, 0.25) is 0 Å². The van der Waals surface area contributed by atoms with Gasteiger partial charge in [0, 0.05) is 10.9 Å². The van der Waals surface area contributed by atoms with Gasteiger partial charge in [0.15, 0.2) is 5.16 Å². The third kappa shape index (κ3) is 2.84. The zero-order valence-electron chi connectivity index (χ0n) is 9.05. The fraction of sp³-hybridized carbons (Fsp3) is 0.273. The molecule has 0 saturated heterocycles. The van der Waals surface area contributed by atoms with Crippen molar-refractivity contribution in [3.63, 3.8) is 0 Å². The lowest BCUT2D eigenvalue weighted by Gasteiger charge is -2.09. The molecule has 4 nitrogen and oxygen atoms in total. The Morgan fingerprint density at radius 2 is 2.25 bits per heavy atom. The molecule has 3 N–H and O–H groups in total. The Morgan fingerprint density at radius 3 is 2.94 bits per heavy atom. The first-order valence-corrected chi connectivity index (χ1v) is 5.94. The number of nitrogens with two attached hydrogens (primary N) is 1. The van der Waals surface area contributed by atoms with Crippen molar-refractivity contribution in [3.05, 3.63) is 36.2 Å². The molecule has 1 unspecified atom stereocenters. The van der Waals surface area contributed by atoms with Gasteiger partial charge in [-0.1, -0.05) is 30.0 Å². The fourth-order valence-electron chi connectivity index (χ4n) is 1.47. The second-order valence-electron chi connectivity index (χ2n) is 3.68. The molecule has 5 heteroatoms. The molecule has 0 spiro atoms. The number of hydrogen-bond acceptors (Lipinski definition) is 4. The Morgan fingerprint density at radius 1 is 1.44 bits per heavy atom. The van der Waals surface area contributed by atoms with Gasteiger partial charge in [-0.15, -0.1) is 0 Å². The van der Waals surface area contributed by atoms with E-state index in [-0.39, 0.29) is 6.04 Å². The van der Waals surface area contributed by atoms with E-state index in [1.165, 1.54) is 16.8 Å². The second kappa shape index (κ2) is 5.14. The van der Waals surface area contributed by atoms with Gasteiger partial charge in [0.2, 0.25) is 0 Å². The van der Waals surface area contributed by atoms with E-state index in [4.69, 9.17) is 5.73 Å². The Kier molecular flexibility index (Phi) is 3.58. The monoisotopic (exact) mass is 234 g/mol. The number of rotatable bonds is 4. The van der Waals surface area contributed by atoms with Gasteiger partial charge in [-0.05, 0) is 25.0 Å². The highest BCUT2D eigenvalue weighted by atomic mass is 32.2. The van der Waals surface area contributed by atoms with Crippen LogP contribution in [0.15, 0.2) is 40.6 Å². The van der Waals surface area contributed by atoms with Crippen LogP contribution in [-0.2, 0) is 6.42 Å². The Labute approximate surface area is 98.7 Å². The first-order chi connectivity index (χ1) is 7.75. The van der Waals surface area contributed by atoms with E-state index in [9.17, 15) is 0 Å². The third-order valence-corrected chi connectivity index (χ3v) is 3.12. The van der Waals surface area contributed by atoms with Crippen molar-refractivity contribution in [2.24, 2.45) is 5.73 Å². The molecule has 84 valence electrons. The minimum atomic E-state index is 0.163. The van der Waals surface area contributed by atoms with E-state index in [0.717, 1.165) is 11.6 Å². The molecule has 0 aliphatic rings. The summed E-state index contributed by atoms with van der Waals surface area (Å²) in [5.74, 6) is 0. The summed E-state index contributed by atoms with van der Waals surface area (Å²) in [6.07, 6.45) is 2.38. The molecule has 0 amide bonds. The average molecular weight is 234 g/mol. The van der Waals surface area contributed by atoms with E-state index in [0.29, 0.717) is 0 Å². The SMILES string of the molecule is CC(N)Cc1ccccc1Sc1ncn[nH]1. The summed E-state index contributed by atoms with van der Waals surface area (Å²) in [6, 6.07) is 8.38. The van der Waals surface area contributed by atoms with Crippen LogP contribution in [0, 0.1) is 0 Å². The summed E-state index contributed by atoms with van der Waals surface area (Å²) in [4.78, 5) is 5.27. The third-order valence-electron chi connectivity index (χ3n) is 2.11. The van der Waals surface area contributed by atoms with Gasteiger partial charge in [-0.25, -0.2) is 4.98 Å². The van der Waals surface area contributed by atoms with Crippen molar-refractivity contribution in [3.8, 4) is 0 Å². The lowest BCUT2D eigenvalue weighted by molar-refractivity contribution is 0.729. The van der Waals surface area contributed by atoms with Gasteiger partial charge in [0.05, 0.1) is 0 Å². The van der Waals surface area contributed by atoms with Crippen molar-refractivity contribution >= 4 is 11.8 Å². The molecule has 16 heavy (non-hydrogen) atoms. The topological polar surface area (TPSA) is 67.6 Å². The van der Waals surface area contributed by atoms with Crippen molar-refractivity contribution < 1.29 is 0 Å². The molecule has 0 fully saturated rings. The van der Waals surface area contributed by atoms with Gasteiger partial charge in [-0.2, -0.15) is 5.10 Å². The largest absolute Gasteiger partial charge is 0.328 e. The summed E-state index contributed by atoms with van der Waals surface area (Å²) >= 11 is 1.58. The first-order valence-electron chi connectivity index (χ1n) is 5.12. The quantitative estimate of drug-likeness (QED) is 0.847. The maximum absolute atomic E-state index is 5.82. The molecule has 0 aliphatic carbocycles. The van der Waals surface area contributed by atoms with Gasteiger partial charge < -0.3 is 5.73 Å². The molecular formula is C11H14N4S. The van der Waals surface area contributed by atoms with E-state index >= 15 is 0 Å². The Bertz CT molecular complexity index is 439. The van der Waals surface area contributed by atoms with Gasteiger partial charge in [-0.3, -0.25) is 5.10 Å². The molecule has 2 aromatic rings. The second-order valence-corrected chi connectivity index (χ2v) is 4.71. The van der Waals surface area contributed by atoms with Crippen LogP contribution in [0.5, 0.6) is 0 Å². The van der Waals surface area contributed by atoms with Gasteiger partial charge in [0.25, 0.3) is 0 Å². The van der Waals surface area contributed by atoms with Crippen LogP contribution >= 0.6 is 11.8 Å². The summed E-state index contributed by atoms with van der Waals surface area (Å²) in [5.41, 5.74) is 7.07. The van der Waals surface area contributed by atoms with E-state index < -0.39 is 0 Å². The number of hydrogen-bond donors (Lipinski definition) is 2. The molecule has 1 heterocycles. The molecule has 1 atom stereocenters. The molecular weight excluding hydrogens is 220 g/mol. The van der Waals surface area contributed by atoms with Crippen LogP contribution in [0.25, 0.3) is 0 Å². The Hall–Kier alpha value is -1.33. The van der Waals surface area contributed by atoms with Crippen molar-refractivity contribution in [1.29, 1.82) is 0 Å². The highest BCUT2D eigenvalue weighted by Gasteiger charge is 2.07. The maximum Gasteiger partial charge on any atom is 0.188 e. The number of benzene rings is 1. The van der Waals surface area contributed by atoms with E-state index in [2.05, 4.69) is 27.3 Å². The number of H-pyrrole nitrogens is 1. The lowest BCUT2D eigenvalue weighted by Crippen LogP contribution is -2.18. The normalized spacial score (nSPS) is 12.6. The standard InChI is InChI=1S/C11H14N4S/c1-8(12)6-9-4-2-3-5-10(9)16-11-13-7-14-15-11/h2-5,7-8H,6,12H2,1H3,(H,13,14,15).